The fourth-order valence-corrected chi connectivity index (χ4v) is 0.607. The van der Waals surface area contributed by atoms with Gasteiger partial charge in [-0.2, -0.15) is 0 Å². The molecule has 62 valence electrons. The molecule has 0 aromatic carbocycles. The molecule has 0 aliphatic rings. The summed E-state index contributed by atoms with van der Waals surface area (Å²) < 4.78 is 0. The molecule has 0 saturated heterocycles. The van der Waals surface area contributed by atoms with Crippen LogP contribution in [0.1, 0.15) is 19.4 Å². The number of rotatable bonds is 0. The van der Waals surface area contributed by atoms with Crippen LogP contribution in [-0.4, -0.2) is 4.98 Å². The third-order valence-corrected chi connectivity index (χ3v) is 1.14. The van der Waals surface area contributed by atoms with Crippen LogP contribution in [0.5, 0.6) is 0 Å². The molecule has 0 fully saturated rings. The summed E-state index contributed by atoms with van der Waals surface area (Å²) in [5.74, 6) is 0.546. The number of aromatic nitrogens is 1. The monoisotopic (exact) mass is 153 g/mol. The van der Waals surface area contributed by atoms with Gasteiger partial charge in [-0.25, -0.2) is 4.98 Å². The highest BCUT2D eigenvalue weighted by atomic mass is 14.8. The summed E-state index contributed by atoms with van der Waals surface area (Å²) in [5, 5.41) is 0. The molecule has 0 radical (unpaired) electrons. The van der Waals surface area contributed by atoms with Crippen LogP contribution in [0.3, 0.4) is 0 Å². The molecule has 0 saturated carbocycles. The van der Waals surface area contributed by atoms with Crippen LogP contribution in [-0.2, 0) is 0 Å². The summed E-state index contributed by atoms with van der Waals surface area (Å²) >= 11 is 0. The van der Waals surface area contributed by atoms with Gasteiger partial charge >= 0.3 is 0 Å². The third kappa shape index (κ3) is 2.89. The van der Waals surface area contributed by atoms with E-state index < -0.39 is 0 Å². The molecule has 0 spiro atoms. The number of anilines is 2. The van der Waals surface area contributed by atoms with E-state index in [-0.39, 0.29) is 0 Å². The predicted octanol–water partition coefficient (Wildman–Crippen LogP) is 1.58. The van der Waals surface area contributed by atoms with Crippen molar-refractivity contribution in [2.45, 2.75) is 20.8 Å². The second-order valence-corrected chi connectivity index (χ2v) is 1.97. The van der Waals surface area contributed by atoms with Crippen molar-refractivity contribution in [1.82, 2.24) is 4.98 Å². The largest absolute Gasteiger partial charge is 0.397 e. The molecule has 1 heterocycles. The van der Waals surface area contributed by atoms with Crippen LogP contribution < -0.4 is 11.5 Å². The summed E-state index contributed by atoms with van der Waals surface area (Å²) in [6.07, 6.45) is 1.54. The standard InChI is InChI=1S/C6H9N3.C2H6/c1-4-2-5(7)3-9-6(4)8;1-2/h2-3H,7H2,1H3,(H2,8,9);1-2H3. The Labute approximate surface area is 67.4 Å². The Morgan fingerprint density at radius 1 is 1.27 bits per heavy atom. The van der Waals surface area contributed by atoms with Gasteiger partial charge in [0.05, 0.1) is 11.9 Å². The van der Waals surface area contributed by atoms with Crippen molar-refractivity contribution in [2.24, 2.45) is 0 Å². The van der Waals surface area contributed by atoms with Gasteiger partial charge in [0.25, 0.3) is 0 Å². The van der Waals surface area contributed by atoms with E-state index in [1.165, 1.54) is 0 Å². The van der Waals surface area contributed by atoms with Crippen LogP contribution in [0.25, 0.3) is 0 Å². The van der Waals surface area contributed by atoms with E-state index in [4.69, 9.17) is 11.5 Å². The van der Waals surface area contributed by atoms with Gasteiger partial charge in [0, 0.05) is 0 Å². The minimum absolute atomic E-state index is 0.546. The van der Waals surface area contributed by atoms with Crippen LogP contribution >= 0.6 is 0 Å². The maximum Gasteiger partial charge on any atom is 0.126 e. The maximum absolute atomic E-state index is 5.42. The molecular weight excluding hydrogens is 138 g/mol. The van der Waals surface area contributed by atoms with E-state index in [1.807, 2.05) is 20.8 Å². The predicted molar refractivity (Wildman–Crippen MR) is 49.1 cm³/mol. The first-order chi connectivity index (χ1) is 5.20. The molecule has 3 heteroatoms. The lowest BCUT2D eigenvalue weighted by atomic mass is 10.3. The second kappa shape index (κ2) is 4.55. The first-order valence-corrected chi connectivity index (χ1v) is 3.68. The Kier molecular flexibility index (Phi) is 4.03. The average molecular weight is 153 g/mol. The van der Waals surface area contributed by atoms with Gasteiger partial charge in [-0.3, -0.25) is 0 Å². The van der Waals surface area contributed by atoms with Crippen molar-refractivity contribution in [1.29, 1.82) is 0 Å². The zero-order chi connectivity index (χ0) is 8.85. The van der Waals surface area contributed by atoms with Crippen LogP contribution in [0.2, 0.25) is 0 Å². The van der Waals surface area contributed by atoms with E-state index in [0.29, 0.717) is 11.5 Å². The van der Waals surface area contributed by atoms with Gasteiger partial charge in [0.2, 0.25) is 0 Å². The first kappa shape index (κ1) is 9.75. The highest BCUT2D eigenvalue weighted by Gasteiger charge is 1.91. The SMILES string of the molecule is CC.Cc1cc(N)cnc1N. The number of nitrogen functional groups attached to an aromatic ring is 2. The number of pyridine rings is 1. The molecule has 1 aromatic heterocycles. The van der Waals surface area contributed by atoms with Crippen LogP contribution in [0, 0.1) is 6.92 Å². The molecule has 3 nitrogen and oxygen atoms in total. The van der Waals surface area contributed by atoms with E-state index in [0.717, 1.165) is 5.56 Å². The van der Waals surface area contributed by atoms with Crippen molar-refractivity contribution in [3.63, 3.8) is 0 Å². The number of aryl methyl sites for hydroxylation is 1. The normalized spacial score (nSPS) is 8.27. The molecule has 0 aliphatic heterocycles. The molecule has 0 aliphatic carbocycles. The minimum Gasteiger partial charge on any atom is -0.397 e. The van der Waals surface area contributed by atoms with E-state index in [1.54, 1.807) is 12.3 Å². The Hall–Kier alpha value is -1.25. The van der Waals surface area contributed by atoms with Gasteiger partial charge in [0.15, 0.2) is 0 Å². The number of hydrogen-bond donors (Lipinski definition) is 2. The molecule has 1 rings (SSSR count). The second-order valence-electron chi connectivity index (χ2n) is 1.97. The number of nitrogens with two attached hydrogens (primary N) is 2. The number of hydrogen-bond acceptors (Lipinski definition) is 3. The van der Waals surface area contributed by atoms with Gasteiger partial charge < -0.3 is 11.5 Å². The van der Waals surface area contributed by atoms with Gasteiger partial charge in [-0.05, 0) is 18.6 Å². The van der Waals surface area contributed by atoms with Crippen LogP contribution in [0.15, 0.2) is 12.3 Å². The Balaban J connectivity index is 0.000000461. The Morgan fingerprint density at radius 2 is 1.82 bits per heavy atom. The van der Waals surface area contributed by atoms with E-state index >= 15 is 0 Å². The molecule has 0 atom stereocenters. The molecule has 0 unspecified atom stereocenters. The highest BCUT2D eigenvalue weighted by Crippen LogP contribution is 2.08. The lowest BCUT2D eigenvalue weighted by Crippen LogP contribution is -1.95. The third-order valence-electron chi connectivity index (χ3n) is 1.14. The summed E-state index contributed by atoms with van der Waals surface area (Å²) in [7, 11) is 0. The zero-order valence-corrected chi connectivity index (χ0v) is 7.26. The molecule has 0 amide bonds. The first-order valence-electron chi connectivity index (χ1n) is 3.68. The van der Waals surface area contributed by atoms with Crippen LogP contribution in [0.4, 0.5) is 11.5 Å². The summed E-state index contributed by atoms with van der Waals surface area (Å²) in [4.78, 5) is 3.83. The van der Waals surface area contributed by atoms with Crippen molar-refractivity contribution < 1.29 is 0 Å². The topological polar surface area (TPSA) is 64.9 Å². The maximum atomic E-state index is 5.42. The lowest BCUT2D eigenvalue weighted by molar-refractivity contribution is 1.28. The van der Waals surface area contributed by atoms with Gasteiger partial charge in [-0.1, -0.05) is 13.8 Å². The van der Waals surface area contributed by atoms with Gasteiger partial charge in [-0.15, -0.1) is 0 Å². The smallest absolute Gasteiger partial charge is 0.126 e. The molecule has 1 aromatic rings. The fraction of sp³-hybridized carbons (Fsp3) is 0.375. The van der Waals surface area contributed by atoms with Crippen molar-refractivity contribution in [3.8, 4) is 0 Å². The molecular formula is C8H15N3. The average Bonchev–Trinajstić information content (AvgIpc) is 2.02. The van der Waals surface area contributed by atoms with Crippen molar-refractivity contribution in [3.05, 3.63) is 17.8 Å². The summed E-state index contributed by atoms with van der Waals surface area (Å²) in [6.45, 7) is 5.87. The molecule has 11 heavy (non-hydrogen) atoms. The Morgan fingerprint density at radius 3 is 2.18 bits per heavy atom. The quantitative estimate of drug-likeness (QED) is 0.594. The highest BCUT2D eigenvalue weighted by molar-refractivity contribution is 5.47. The number of nitrogens with zero attached hydrogens (tertiary/aromatic N) is 1. The van der Waals surface area contributed by atoms with Crippen molar-refractivity contribution >= 4 is 11.5 Å². The van der Waals surface area contributed by atoms with Crippen molar-refractivity contribution in [2.75, 3.05) is 11.5 Å². The van der Waals surface area contributed by atoms with E-state index in [9.17, 15) is 0 Å². The summed E-state index contributed by atoms with van der Waals surface area (Å²) in [6, 6.07) is 1.79. The molecule has 4 N–H and O–H groups in total. The minimum atomic E-state index is 0.546. The zero-order valence-electron chi connectivity index (χ0n) is 7.26. The van der Waals surface area contributed by atoms with Gasteiger partial charge in [0.1, 0.15) is 5.82 Å². The Bertz CT molecular complexity index is 221. The molecule has 0 bridgehead atoms. The lowest BCUT2D eigenvalue weighted by Gasteiger charge is -1.97. The van der Waals surface area contributed by atoms with E-state index in [2.05, 4.69) is 4.98 Å². The fourth-order valence-electron chi connectivity index (χ4n) is 0.607. The summed E-state index contributed by atoms with van der Waals surface area (Å²) in [5.41, 5.74) is 12.4.